The Morgan fingerprint density at radius 3 is 2.80 bits per heavy atom. The van der Waals surface area contributed by atoms with E-state index in [2.05, 4.69) is 29.5 Å². The Labute approximate surface area is 121 Å². The lowest BCUT2D eigenvalue weighted by Crippen LogP contribution is -2.52. The first kappa shape index (κ1) is 15.5. The van der Waals surface area contributed by atoms with Gasteiger partial charge in [-0.3, -0.25) is 4.99 Å². The largest absolute Gasteiger partial charge is 0.380 e. The fourth-order valence-electron chi connectivity index (χ4n) is 2.24. The van der Waals surface area contributed by atoms with Crippen LogP contribution in [-0.2, 0) is 14.2 Å². The zero-order valence-electron chi connectivity index (χ0n) is 12.8. The first-order valence-electron chi connectivity index (χ1n) is 7.35. The molecular formula is C14H27N3O3. The van der Waals surface area contributed by atoms with Crippen LogP contribution >= 0.6 is 0 Å². The second-order valence-corrected chi connectivity index (χ2v) is 6.09. The smallest absolute Gasteiger partial charge is 0.191 e. The van der Waals surface area contributed by atoms with Gasteiger partial charge in [-0.1, -0.05) is 6.92 Å². The summed E-state index contributed by atoms with van der Waals surface area (Å²) in [5.41, 5.74) is 0.235. The van der Waals surface area contributed by atoms with Gasteiger partial charge in [0.1, 0.15) is 0 Å². The second-order valence-electron chi connectivity index (χ2n) is 6.09. The molecule has 2 heterocycles. The zero-order valence-corrected chi connectivity index (χ0v) is 12.8. The molecule has 0 aliphatic carbocycles. The van der Waals surface area contributed by atoms with E-state index < -0.39 is 0 Å². The van der Waals surface area contributed by atoms with E-state index in [1.165, 1.54) is 0 Å². The van der Waals surface area contributed by atoms with Gasteiger partial charge >= 0.3 is 0 Å². The van der Waals surface area contributed by atoms with Crippen molar-refractivity contribution in [1.29, 1.82) is 0 Å². The van der Waals surface area contributed by atoms with Crippen molar-refractivity contribution in [3.05, 3.63) is 0 Å². The van der Waals surface area contributed by atoms with Crippen LogP contribution in [0.15, 0.2) is 4.99 Å². The average molecular weight is 285 g/mol. The molecule has 20 heavy (non-hydrogen) atoms. The van der Waals surface area contributed by atoms with Gasteiger partial charge in [-0.2, -0.15) is 0 Å². The zero-order chi connectivity index (χ0) is 14.4. The molecule has 0 aromatic heterocycles. The van der Waals surface area contributed by atoms with Crippen molar-refractivity contribution in [2.24, 2.45) is 10.4 Å². The predicted molar refractivity (Wildman–Crippen MR) is 78.1 cm³/mol. The SMILES string of the molecule is CN=C(NCC1(C)COC1)NC(C)COC1CCOC1. The molecule has 2 N–H and O–H groups in total. The summed E-state index contributed by atoms with van der Waals surface area (Å²) < 4.78 is 16.3. The first-order valence-corrected chi connectivity index (χ1v) is 7.35. The van der Waals surface area contributed by atoms with Crippen LogP contribution in [0.3, 0.4) is 0 Å². The van der Waals surface area contributed by atoms with Crippen molar-refractivity contribution >= 4 is 5.96 Å². The van der Waals surface area contributed by atoms with Gasteiger partial charge in [-0.15, -0.1) is 0 Å². The maximum absolute atomic E-state index is 5.80. The summed E-state index contributed by atoms with van der Waals surface area (Å²) in [6.45, 7) is 9.01. The number of nitrogens with one attached hydrogen (secondary N) is 2. The topological polar surface area (TPSA) is 64.1 Å². The molecule has 116 valence electrons. The van der Waals surface area contributed by atoms with E-state index in [1.54, 1.807) is 7.05 Å². The predicted octanol–water partition coefficient (Wildman–Crippen LogP) is 0.382. The van der Waals surface area contributed by atoms with Crippen LogP contribution in [-0.4, -0.2) is 64.7 Å². The van der Waals surface area contributed by atoms with Gasteiger partial charge in [0.25, 0.3) is 0 Å². The Kier molecular flexibility index (Phi) is 5.63. The van der Waals surface area contributed by atoms with Crippen LogP contribution in [0.2, 0.25) is 0 Å². The summed E-state index contributed by atoms with van der Waals surface area (Å²) in [5.74, 6) is 0.817. The fourth-order valence-corrected chi connectivity index (χ4v) is 2.24. The van der Waals surface area contributed by atoms with Crippen LogP contribution in [0.25, 0.3) is 0 Å². The van der Waals surface area contributed by atoms with Crippen molar-refractivity contribution in [1.82, 2.24) is 10.6 Å². The number of hydrogen-bond acceptors (Lipinski definition) is 4. The van der Waals surface area contributed by atoms with Crippen molar-refractivity contribution in [3.63, 3.8) is 0 Å². The highest BCUT2D eigenvalue weighted by molar-refractivity contribution is 5.79. The number of aliphatic imine (C=N–C) groups is 1. The van der Waals surface area contributed by atoms with Gasteiger partial charge in [-0.25, -0.2) is 0 Å². The van der Waals surface area contributed by atoms with Crippen molar-refractivity contribution in [2.45, 2.75) is 32.4 Å². The molecule has 2 aliphatic heterocycles. The summed E-state index contributed by atoms with van der Waals surface area (Å²) in [7, 11) is 1.79. The second kappa shape index (κ2) is 7.24. The van der Waals surface area contributed by atoms with Crippen LogP contribution in [0.1, 0.15) is 20.3 Å². The van der Waals surface area contributed by atoms with Gasteiger partial charge in [0.2, 0.25) is 0 Å². The van der Waals surface area contributed by atoms with Crippen molar-refractivity contribution in [2.75, 3.05) is 46.6 Å². The molecule has 0 saturated carbocycles. The molecule has 2 saturated heterocycles. The van der Waals surface area contributed by atoms with Crippen LogP contribution in [0, 0.1) is 5.41 Å². The minimum atomic E-state index is 0.215. The maximum Gasteiger partial charge on any atom is 0.191 e. The third kappa shape index (κ3) is 4.61. The highest BCUT2D eigenvalue weighted by Gasteiger charge is 2.33. The van der Waals surface area contributed by atoms with Gasteiger partial charge in [0.05, 0.1) is 32.5 Å². The molecule has 6 nitrogen and oxygen atoms in total. The lowest BCUT2D eigenvalue weighted by molar-refractivity contribution is -0.0971. The molecule has 2 aliphatic rings. The minimum absolute atomic E-state index is 0.215. The third-order valence-corrected chi connectivity index (χ3v) is 3.66. The summed E-state index contributed by atoms with van der Waals surface area (Å²) in [4.78, 5) is 4.24. The third-order valence-electron chi connectivity index (χ3n) is 3.66. The summed E-state index contributed by atoms with van der Waals surface area (Å²) in [6.07, 6.45) is 1.25. The minimum Gasteiger partial charge on any atom is -0.380 e. The molecule has 0 aromatic rings. The lowest BCUT2D eigenvalue weighted by Gasteiger charge is -2.38. The molecule has 0 radical (unpaired) electrons. The Morgan fingerprint density at radius 1 is 1.45 bits per heavy atom. The number of hydrogen-bond donors (Lipinski definition) is 2. The quantitative estimate of drug-likeness (QED) is 0.546. The first-order chi connectivity index (χ1) is 9.61. The summed E-state index contributed by atoms with van der Waals surface area (Å²) in [5, 5.41) is 6.69. The molecule has 0 bridgehead atoms. The van der Waals surface area contributed by atoms with Gasteiger partial charge < -0.3 is 24.8 Å². The van der Waals surface area contributed by atoms with Gasteiger partial charge in [0.15, 0.2) is 5.96 Å². The average Bonchev–Trinajstić information content (AvgIpc) is 2.92. The number of rotatable bonds is 6. The van der Waals surface area contributed by atoms with E-state index in [1.807, 2.05) is 0 Å². The Hall–Kier alpha value is -0.850. The standard InChI is InChI=1S/C14H27N3O3/c1-11(6-20-12-4-5-18-7-12)17-13(15-3)16-8-14(2)9-19-10-14/h11-12H,4-10H2,1-3H3,(H2,15,16,17). The van der Waals surface area contributed by atoms with Crippen molar-refractivity contribution in [3.8, 4) is 0 Å². The van der Waals surface area contributed by atoms with Gasteiger partial charge in [-0.05, 0) is 13.3 Å². The van der Waals surface area contributed by atoms with E-state index in [0.717, 1.165) is 45.4 Å². The Bertz CT molecular complexity index is 326. The highest BCUT2D eigenvalue weighted by atomic mass is 16.5. The molecule has 2 rings (SSSR count). The Balaban J connectivity index is 1.63. The molecule has 0 spiro atoms. The molecule has 0 amide bonds. The van der Waals surface area contributed by atoms with Crippen LogP contribution < -0.4 is 10.6 Å². The van der Waals surface area contributed by atoms with E-state index in [-0.39, 0.29) is 17.6 Å². The molecule has 2 unspecified atom stereocenters. The Morgan fingerprint density at radius 2 is 2.25 bits per heavy atom. The molecule has 0 aromatic carbocycles. The van der Waals surface area contributed by atoms with E-state index in [4.69, 9.17) is 14.2 Å². The highest BCUT2D eigenvalue weighted by Crippen LogP contribution is 2.24. The number of ether oxygens (including phenoxy) is 3. The van der Waals surface area contributed by atoms with Crippen LogP contribution in [0.5, 0.6) is 0 Å². The summed E-state index contributed by atoms with van der Waals surface area (Å²) >= 11 is 0. The fraction of sp³-hybridized carbons (Fsp3) is 0.929. The van der Waals surface area contributed by atoms with Crippen molar-refractivity contribution < 1.29 is 14.2 Å². The number of guanidine groups is 1. The van der Waals surface area contributed by atoms with E-state index >= 15 is 0 Å². The van der Waals surface area contributed by atoms with Crippen LogP contribution in [0.4, 0.5) is 0 Å². The molecule has 2 fully saturated rings. The maximum atomic E-state index is 5.80. The van der Waals surface area contributed by atoms with E-state index in [9.17, 15) is 0 Å². The normalized spacial score (nSPS) is 26.9. The molecule has 6 heteroatoms. The van der Waals surface area contributed by atoms with Gasteiger partial charge in [0, 0.05) is 31.7 Å². The van der Waals surface area contributed by atoms with E-state index in [0.29, 0.717) is 6.61 Å². The molecular weight excluding hydrogens is 258 g/mol. The lowest BCUT2D eigenvalue weighted by atomic mass is 9.89. The number of nitrogens with zero attached hydrogens (tertiary/aromatic N) is 1. The molecule has 2 atom stereocenters. The monoisotopic (exact) mass is 285 g/mol. The summed E-state index contributed by atoms with van der Waals surface area (Å²) in [6, 6.07) is 0.215.